The minimum atomic E-state index is -1.22. The van der Waals surface area contributed by atoms with Gasteiger partial charge in [0.25, 0.3) is 5.91 Å². The van der Waals surface area contributed by atoms with Crippen LogP contribution in [-0.2, 0) is 14.4 Å². The Labute approximate surface area is 162 Å². The number of carbonyl (C=O) groups excluding carboxylic acids is 3. The number of aliphatic imine (C=N–C) groups is 1. The predicted molar refractivity (Wildman–Crippen MR) is 103 cm³/mol. The molecule has 7 N–H and O–H groups in total. The fraction of sp³-hybridized carbons (Fsp3) is 0.389. The number of carboxylic acids is 1. The third-order valence-corrected chi connectivity index (χ3v) is 3.55. The van der Waals surface area contributed by atoms with E-state index in [4.69, 9.17) is 16.6 Å². The van der Waals surface area contributed by atoms with E-state index in [-0.39, 0.29) is 11.5 Å². The summed E-state index contributed by atoms with van der Waals surface area (Å²) in [6.07, 6.45) is -0.545. The highest BCUT2D eigenvalue weighted by Gasteiger charge is 2.32. The van der Waals surface area contributed by atoms with Gasteiger partial charge in [-0.05, 0) is 18.2 Å². The van der Waals surface area contributed by atoms with Gasteiger partial charge in [-0.1, -0.05) is 26.8 Å². The topological polar surface area (TPSA) is 177 Å². The largest absolute Gasteiger partial charge is 0.481 e. The van der Waals surface area contributed by atoms with Crippen molar-refractivity contribution >= 4 is 35.2 Å². The highest BCUT2D eigenvalue weighted by molar-refractivity contribution is 5.99. The van der Waals surface area contributed by atoms with E-state index in [2.05, 4.69) is 15.6 Å². The van der Waals surface area contributed by atoms with Crippen LogP contribution in [0.15, 0.2) is 29.3 Å². The van der Waals surface area contributed by atoms with Crippen molar-refractivity contribution in [3.8, 4) is 0 Å². The van der Waals surface area contributed by atoms with E-state index >= 15 is 0 Å². The van der Waals surface area contributed by atoms with Crippen molar-refractivity contribution in [2.75, 3.05) is 6.54 Å². The van der Waals surface area contributed by atoms with Gasteiger partial charge in [0, 0.05) is 11.0 Å². The number of aliphatic carboxylic acids is 1. The fourth-order valence-electron chi connectivity index (χ4n) is 2.28. The molecular formula is C18H25N5O5. The van der Waals surface area contributed by atoms with Crippen LogP contribution in [0.3, 0.4) is 0 Å². The summed E-state index contributed by atoms with van der Waals surface area (Å²) >= 11 is 0. The summed E-state index contributed by atoms with van der Waals surface area (Å²) in [4.78, 5) is 51.4. The predicted octanol–water partition coefficient (Wildman–Crippen LogP) is -0.104. The van der Waals surface area contributed by atoms with Crippen molar-refractivity contribution in [2.45, 2.75) is 33.2 Å². The van der Waals surface area contributed by atoms with E-state index in [9.17, 15) is 19.2 Å². The van der Waals surface area contributed by atoms with Crippen LogP contribution in [0, 0.1) is 5.41 Å². The monoisotopic (exact) mass is 391 g/mol. The SMILES string of the molecule is CC(C)(C)C(=O)[C@H](CC(=O)O)NC(=O)CNC(=O)c1cccc(N=C(N)N)c1. The normalized spacial score (nSPS) is 11.8. The average molecular weight is 391 g/mol. The van der Waals surface area contributed by atoms with Crippen LogP contribution in [-0.4, -0.2) is 47.2 Å². The molecule has 0 aliphatic heterocycles. The molecule has 0 fully saturated rings. The van der Waals surface area contributed by atoms with Crippen molar-refractivity contribution in [2.24, 2.45) is 21.9 Å². The van der Waals surface area contributed by atoms with Gasteiger partial charge in [0.15, 0.2) is 11.7 Å². The number of ketones is 1. The number of guanidine groups is 1. The number of carboxylic acid groups (broad SMARTS) is 1. The molecule has 0 aliphatic rings. The second-order valence-corrected chi connectivity index (χ2v) is 7.10. The lowest BCUT2D eigenvalue weighted by atomic mass is 9.85. The molecule has 0 unspecified atom stereocenters. The summed E-state index contributed by atoms with van der Waals surface area (Å²) in [6.45, 7) is 4.45. The first-order valence-corrected chi connectivity index (χ1v) is 8.43. The molecule has 0 heterocycles. The number of carbonyl (C=O) groups is 4. The smallest absolute Gasteiger partial charge is 0.305 e. The van der Waals surface area contributed by atoms with Crippen LogP contribution in [0.2, 0.25) is 0 Å². The number of Topliss-reactive ketones (excluding diaryl/α,β-unsaturated/α-hetero) is 1. The van der Waals surface area contributed by atoms with Crippen LogP contribution >= 0.6 is 0 Å². The van der Waals surface area contributed by atoms with Crippen LogP contribution < -0.4 is 22.1 Å². The summed E-state index contributed by atoms with van der Waals surface area (Å²) in [5.74, 6) is -3.04. The third-order valence-electron chi connectivity index (χ3n) is 3.55. The minimum Gasteiger partial charge on any atom is -0.481 e. The van der Waals surface area contributed by atoms with E-state index < -0.39 is 48.0 Å². The minimum absolute atomic E-state index is 0.162. The Morgan fingerprint density at radius 1 is 1.18 bits per heavy atom. The van der Waals surface area contributed by atoms with Crippen LogP contribution in [0.5, 0.6) is 0 Å². The lowest BCUT2D eigenvalue weighted by Crippen LogP contribution is -2.49. The van der Waals surface area contributed by atoms with Gasteiger partial charge in [0.2, 0.25) is 5.91 Å². The van der Waals surface area contributed by atoms with Crippen molar-refractivity contribution in [1.82, 2.24) is 10.6 Å². The summed E-state index contributed by atoms with van der Waals surface area (Å²) in [7, 11) is 0. The Kier molecular flexibility index (Phi) is 7.66. The number of nitrogens with zero attached hydrogens (tertiary/aromatic N) is 1. The molecule has 0 spiro atoms. The van der Waals surface area contributed by atoms with Gasteiger partial charge in [-0.2, -0.15) is 0 Å². The molecule has 10 nitrogen and oxygen atoms in total. The Morgan fingerprint density at radius 3 is 2.36 bits per heavy atom. The van der Waals surface area contributed by atoms with E-state index in [0.717, 1.165) is 0 Å². The summed E-state index contributed by atoms with van der Waals surface area (Å²) in [5.41, 5.74) is 10.3. The maximum atomic E-state index is 12.3. The van der Waals surface area contributed by atoms with Crippen molar-refractivity contribution in [1.29, 1.82) is 0 Å². The Bertz CT molecular complexity index is 794. The number of hydrogen-bond acceptors (Lipinski definition) is 5. The van der Waals surface area contributed by atoms with Crippen LogP contribution in [0.1, 0.15) is 37.6 Å². The molecule has 28 heavy (non-hydrogen) atoms. The molecule has 10 heteroatoms. The third kappa shape index (κ3) is 7.44. The number of nitrogens with two attached hydrogens (primary N) is 2. The van der Waals surface area contributed by atoms with E-state index in [0.29, 0.717) is 5.69 Å². The molecule has 1 aromatic rings. The Balaban J connectivity index is 2.74. The Morgan fingerprint density at radius 2 is 1.82 bits per heavy atom. The maximum Gasteiger partial charge on any atom is 0.305 e. The summed E-state index contributed by atoms with van der Waals surface area (Å²) in [6, 6.07) is 4.92. The molecule has 1 rings (SSSR count). The van der Waals surface area contributed by atoms with Gasteiger partial charge in [-0.15, -0.1) is 0 Å². The van der Waals surface area contributed by atoms with Gasteiger partial charge >= 0.3 is 5.97 Å². The number of amides is 2. The molecule has 0 radical (unpaired) electrons. The zero-order chi connectivity index (χ0) is 21.5. The number of nitrogens with one attached hydrogen (secondary N) is 2. The standard InChI is InChI=1S/C18H25N5O5/c1-18(2,3)15(27)12(8-14(25)26)23-13(24)9-21-16(28)10-5-4-6-11(7-10)22-17(19)20/h4-7,12H,8-9H2,1-3H3,(H,21,28)(H,23,24)(H,25,26)(H4,19,20,22)/t12-/m0/s1. The Hall–Kier alpha value is -3.43. The van der Waals surface area contributed by atoms with Crippen LogP contribution in [0.4, 0.5) is 5.69 Å². The molecule has 1 atom stereocenters. The molecule has 0 saturated carbocycles. The van der Waals surface area contributed by atoms with E-state index in [1.807, 2.05) is 0 Å². The molecule has 0 bridgehead atoms. The molecule has 0 aliphatic carbocycles. The molecular weight excluding hydrogens is 366 g/mol. The molecule has 2 amide bonds. The van der Waals surface area contributed by atoms with Gasteiger partial charge in [-0.25, -0.2) is 4.99 Å². The first-order valence-electron chi connectivity index (χ1n) is 8.43. The zero-order valence-corrected chi connectivity index (χ0v) is 16.0. The van der Waals surface area contributed by atoms with E-state index in [1.54, 1.807) is 32.9 Å². The molecule has 1 aromatic carbocycles. The second kappa shape index (κ2) is 9.49. The van der Waals surface area contributed by atoms with E-state index in [1.165, 1.54) is 12.1 Å². The number of rotatable bonds is 8. The second-order valence-electron chi connectivity index (χ2n) is 7.10. The lowest BCUT2D eigenvalue weighted by molar-refractivity contribution is -0.141. The van der Waals surface area contributed by atoms with Crippen molar-refractivity contribution in [3.63, 3.8) is 0 Å². The van der Waals surface area contributed by atoms with Crippen LogP contribution in [0.25, 0.3) is 0 Å². The highest BCUT2D eigenvalue weighted by Crippen LogP contribution is 2.18. The molecule has 0 saturated heterocycles. The van der Waals surface area contributed by atoms with Crippen molar-refractivity contribution < 1.29 is 24.3 Å². The van der Waals surface area contributed by atoms with Gasteiger partial charge < -0.3 is 27.2 Å². The fourth-order valence-corrected chi connectivity index (χ4v) is 2.28. The highest BCUT2D eigenvalue weighted by atomic mass is 16.4. The van der Waals surface area contributed by atoms with Gasteiger partial charge in [0.05, 0.1) is 24.7 Å². The quantitative estimate of drug-likeness (QED) is 0.303. The first-order chi connectivity index (χ1) is 12.9. The lowest BCUT2D eigenvalue weighted by Gasteiger charge is -2.24. The summed E-state index contributed by atoms with van der Waals surface area (Å²) in [5, 5.41) is 13.7. The zero-order valence-electron chi connectivity index (χ0n) is 16.0. The maximum absolute atomic E-state index is 12.3. The number of benzene rings is 1. The number of hydrogen-bond donors (Lipinski definition) is 5. The van der Waals surface area contributed by atoms with Gasteiger partial charge in [0.1, 0.15) is 0 Å². The van der Waals surface area contributed by atoms with Crippen molar-refractivity contribution in [3.05, 3.63) is 29.8 Å². The summed E-state index contributed by atoms with van der Waals surface area (Å²) < 4.78 is 0. The average Bonchev–Trinajstić information content (AvgIpc) is 2.56. The molecule has 152 valence electrons. The first kappa shape index (κ1) is 22.6. The van der Waals surface area contributed by atoms with Gasteiger partial charge in [-0.3, -0.25) is 19.2 Å². The molecule has 0 aromatic heterocycles.